The summed E-state index contributed by atoms with van der Waals surface area (Å²) in [7, 11) is 0. The monoisotopic (exact) mass is 126 g/mol. The fourth-order valence-corrected chi connectivity index (χ4v) is 1.45. The fourth-order valence-electron chi connectivity index (χ4n) is 1.45. The van der Waals surface area contributed by atoms with Gasteiger partial charge in [-0.3, -0.25) is 0 Å². The zero-order valence-corrected chi connectivity index (χ0v) is 5.97. The Bertz CT molecular complexity index is 98.7. The van der Waals surface area contributed by atoms with Crippen molar-refractivity contribution in [2.24, 2.45) is 11.8 Å². The molecule has 1 fully saturated rings. The van der Waals surface area contributed by atoms with Crippen LogP contribution >= 0.6 is 0 Å². The number of carbonyl (C=O) groups is 1. The van der Waals surface area contributed by atoms with E-state index in [1.807, 2.05) is 0 Å². The van der Waals surface area contributed by atoms with Crippen LogP contribution in [0.2, 0.25) is 0 Å². The molecule has 52 valence electrons. The molecule has 0 aliphatic heterocycles. The van der Waals surface area contributed by atoms with Crippen LogP contribution in [0.15, 0.2) is 0 Å². The van der Waals surface area contributed by atoms with Crippen LogP contribution < -0.4 is 0 Å². The summed E-state index contributed by atoms with van der Waals surface area (Å²) in [6.45, 7) is 2.20. The van der Waals surface area contributed by atoms with Gasteiger partial charge in [-0.1, -0.05) is 19.8 Å². The minimum absolute atomic E-state index is 0.766. The summed E-state index contributed by atoms with van der Waals surface area (Å²) in [5.41, 5.74) is 0. The normalized spacial score (nSPS) is 32.1. The van der Waals surface area contributed by atoms with Crippen molar-refractivity contribution >= 4 is 6.29 Å². The Kier molecular flexibility index (Phi) is 2.26. The molecule has 0 bridgehead atoms. The van der Waals surface area contributed by atoms with Crippen LogP contribution in [-0.4, -0.2) is 6.29 Å². The molecule has 2 unspecified atom stereocenters. The Morgan fingerprint density at radius 2 is 2.33 bits per heavy atom. The summed E-state index contributed by atoms with van der Waals surface area (Å²) in [6.07, 6.45) is 5.79. The number of hydrogen-bond acceptors (Lipinski definition) is 1. The van der Waals surface area contributed by atoms with E-state index in [4.69, 9.17) is 0 Å². The van der Waals surface area contributed by atoms with Crippen LogP contribution in [0.3, 0.4) is 0 Å². The van der Waals surface area contributed by atoms with E-state index in [-0.39, 0.29) is 0 Å². The van der Waals surface area contributed by atoms with Gasteiger partial charge in [-0.05, 0) is 18.3 Å². The molecule has 1 rings (SSSR count). The van der Waals surface area contributed by atoms with Gasteiger partial charge in [0.25, 0.3) is 0 Å². The average Bonchev–Trinajstić information content (AvgIpc) is 2.50. The number of carbonyl (C=O) groups excluding carboxylic acids is 1. The molecule has 0 spiro atoms. The molecule has 1 saturated carbocycles. The van der Waals surface area contributed by atoms with E-state index in [1.54, 1.807) is 0 Å². The Hall–Kier alpha value is -0.330. The Morgan fingerprint density at radius 1 is 1.56 bits per heavy atom. The maximum atomic E-state index is 10.0. The topological polar surface area (TPSA) is 17.1 Å². The largest absolute Gasteiger partial charge is 0.303 e. The predicted octanol–water partition coefficient (Wildman–Crippen LogP) is 2.01. The van der Waals surface area contributed by atoms with E-state index in [0.717, 1.165) is 24.5 Å². The highest BCUT2D eigenvalue weighted by atomic mass is 16.1. The maximum Gasteiger partial charge on any atom is 0.120 e. The molecule has 2 atom stereocenters. The molecule has 0 heterocycles. The third kappa shape index (κ3) is 1.81. The second-order valence-electron chi connectivity index (χ2n) is 2.95. The van der Waals surface area contributed by atoms with Gasteiger partial charge in [0.15, 0.2) is 0 Å². The van der Waals surface area contributed by atoms with Crippen molar-refractivity contribution in [2.75, 3.05) is 0 Å². The summed E-state index contributed by atoms with van der Waals surface area (Å²) in [5, 5.41) is 0. The molecule has 1 aliphatic rings. The van der Waals surface area contributed by atoms with Gasteiger partial charge in [-0.2, -0.15) is 0 Å². The zero-order chi connectivity index (χ0) is 6.69. The molecule has 0 radical (unpaired) electrons. The summed E-state index contributed by atoms with van der Waals surface area (Å²) < 4.78 is 0. The fraction of sp³-hybridized carbons (Fsp3) is 0.875. The van der Waals surface area contributed by atoms with Gasteiger partial charge in [-0.25, -0.2) is 0 Å². The van der Waals surface area contributed by atoms with E-state index in [0.29, 0.717) is 0 Å². The first-order valence-corrected chi connectivity index (χ1v) is 3.82. The van der Waals surface area contributed by atoms with E-state index in [2.05, 4.69) is 6.92 Å². The zero-order valence-electron chi connectivity index (χ0n) is 5.97. The van der Waals surface area contributed by atoms with Crippen LogP contribution in [0.4, 0.5) is 0 Å². The van der Waals surface area contributed by atoms with Gasteiger partial charge in [0, 0.05) is 6.42 Å². The molecule has 0 aromatic rings. The number of rotatable bonds is 4. The van der Waals surface area contributed by atoms with Crippen LogP contribution in [0.1, 0.15) is 32.6 Å². The Labute approximate surface area is 56.4 Å². The minimum Gasteiger partial charge on any atom is -0.303 e. The first-order valence-electron chi connectivity index (χ1n) is 3.82. The van der Waals surface area contributed by atoms with Gasteiger partial charge in [-0.15, -0.1) is 0 Å². The summed E-state index contributed by atoms with van der Waals surface area (Å²) in [6, 6.07) is 0. The molecule has 0 amide bonds. The third-order valence-corrected chi connectivity index (χ3v) is 2.13. The van der Waals surface area contributed by atoms with E-state index >= 15 is 0 Å². The highest BCUT2D eigenvalue weighted by Gasteiger charge is 2.34. The van der Waals surface area contributed by atoms with Crippen molar-refractivity contribution in [3.05, 3.63) is 0 Å². The lowest BCUT2D eigenvalue weighted by molar-refractivity contribution is -0.108. The standard InChI is InChI=1S/C8H14O/c1-2-3-7-6-8(7)4-5-9/h5,7-8H,2-4,6H2,1H3. The summed E-state index contributed by atoms with van der Waals surface area (Å²) in [5.74, 6) is 1.67. The molecular weight excluding hydrogens is 112 g/mol. The van der Waals surface area contributed by atoms with Crippen molar-refractivity contribution in [1.82, 2.24) is 0 Å². The number of hydrogen-bond donors (Lipinski definition) is 0. The molecule has 9 heavy (non-hydrogen) atoms. The molecule has 0 saturated heterocycles. The van der Waals surface area contributed by atoms with Crippen LogP contribution in [0.25, 0.3) is 0 Å². The molecular formula is C8H14O. The lowest BCUT2D eigenvalue weighted by atomic mass is 10.2. The Morgan fingerprint density at radius 3 is 2.89 bits per heavy atom. The first kappa shape index (κ1) is 6.79. The second-order valence-corrected chi connectivity index (χ2v) is 2.95. The van der Waals surface area contributed by atoms with Crippen LogP contribution in [0, 0.1) is 11.8 Å². The molecule has 0 aromatic heterocycles. The first-order chi connectivity index (χ1) is 4.38. The SMILES string of the molecule is CCCC1CC1CC=O. The van der Waals surface area contributed by atoms with Gasteiger partial charge in [0.2, 0.25) is 0 Å². The number of aldehydes is 1. The van der Waals surface area contributed by atoms with Gasteiger partial charge < -0.3 is 4.79 Å². The van der Waals surface area contributed by atoms with Gasteiger partial charge >= 0.3 is 0 Å². The predicted molar refractivity (Wildman–Crippen MR) is 37.2 cm³/mol. The highest BCUT2D eigenvalue weighted by Crippen LogP contribution is 2.43. The summed E-state index contributed by atoms with van der Waals surface area (Å²) in [4.78, 5) is 10.0. The van der Waals surface area contributed by atoms with Crippen molar-refractivity contribution in [2.45, 2.75) is 32.6 Å². The van der Waals surface area contributed by atoms with Gasteiger partial charge in [0.05, 0.1) is 0 Å². The quantitative estimate of drug-likeness (QED) is 0.526. The highest BCUT2D eigenvalue weighted by molar-refractivity contribution is 5.50. The lowest BCUT2D eigenvalue weighted by Crippen LogP contribution is -1.82. The maximum absolute atomic E-state index is 10.0. The van der Waals surface area contributed by atoms with Gasteiger partial charge in [0.1, 0.15) is 6.29 Å². The molecule has 0 aromatic carbocycles. The van der Waals surface area contributed by atoms with Crippen molar-refractivity contribution < 1.29 is 4.79 Å². The van der Waals surface area contributed by atoms with Crippen LogP contribution in [0.5, 0.6) is 0 Å². The molecule has 1 heteroatoms. The van der Waals surface area contributed by atoms with Crippen molar-refractivity contribution in [3.63, 3.8) is 0 Å². The van der Waals surface area contributed by atoms with E-state index in [9.17, 15) is 4.79 Å². The minimum atomic E-state index is 0.766. The van der Waals surface area contributed by atoms with Crippen molar-refractivity contribution in [3.8, 4) is 0 Å². The summed E-state index contributed by atoms with van der Waals surface area (Å²) >= 11 is 0. The smallest absolute Gasteiger partial charge is 0.120 e. The lowest BCUT2D eigenvalue weighted by Gasteiger charge is -1.89. The molecule has 0 N–H and O–H groups in total. The van der Waals surface area contributed by atoms with E-state index < -0.39 is 0 Å². The average molecular weight is 126 g/mol. The third-order valence-electron chi connectivity index (χ3n) is 2.13. The Balaban J connectivity index is 2.02. The van der Waals surface area contributed by atoms with Crippen LogP contribution in [-0.2, 0) is 4.79 Å². The van der Waals surface area contributed by atoms with E-state index in [1.165, 1.54) is 19.3 Å². The second kappa shape index (κ2) is 3.00. The van der Waals surface area contributed by atoms with Crippen molar-refractivity contribution in [1.29, 1.82) is 0 Å². The molecule has 1 aliphatic carbocycles. The molecule has 1 nitrogen and oxygen atoms in total.